The average molecular weight is 333 g/mol. The van der Waals surface area contributed by atoms with Crippen molar-refractivity contribution in [1.82, 2.24) is 4.90 Å². The second-order valence-electron chi connectivity index (χ2n) is 6.14. The summed E-state index contributed by atoms with van der Waals surface area (Å²) >= 11 is 0. The van der Waals surface area contributed by atoms with Gasteiger partial charge in [0.2, 0.25) is 14.9 Å². The molecule has 1 aromatic heterocycles. The molecule has 1 unspecified atom stereocenters. The lowest BCUT2D eigenvalue weighted by Crippen LogP contribution is -2.44. The normalized spacial score (nSPS) is 29.4. The van der Waals surface area contributed by atoms with E-state index in [2.05, 4.69) is 4.90 Å². The maximum Gasteiger partial charge on any atom is 0.217 e. The standard InChI is InChI=1S/C13H19NO5S2/c1-20(15,16)12-7-11(9-19-12)8-14-5-2-3-13(14)4-6-21(17,18)10-13/h7,9H,2-6,8,10H2,1H3. The lowest BCUT2D eigenvalue weighted by Gasteiger charge is -2.33. The molecule has 2 fully saturated rings. The van der Waals surface area contributed by atoms with Crippen LogP contribution in [-0.4, -0.2) is 51.6 Å². The highest BCUT2D eigenvalue weighted by atomic mass is 32.2. The van der Waals surface area contributed by atoms with E-state index in [1.807, 2.05) is 0 Å². The monoisotopic (exact) mass is 333 g/mol. The zero-order valence-electron chi connectivity index (χ0n) is 11.9. The van der Waals surface area contributed by atoms with Gasteiger partial charge in [0.15, 0.2) is 9.84 Å². The molecular formula is C13H19NO5S2. The fourth-order valence-corrected chi connectivity index (χ4v) is 6.15. The first-order chi connectivity index (χ1) is 9.70. The van der Waals surface area contributed by atoms with Gasteiger partial charge in [-0.15, -0.1) is 0 Å². The lowest BCUT2D eigenvalue weighted by atomic mass is 9.95. The molecule has 8 heteroatoms. The van der Waals surface area contributed by atoms with E-state index in [1.54, 1.807) is 0 Å². The van der Waals surface area contributed by atoms with Crippen LogP contribution in [0, 0.1) is 0 Å². The first kappa shape index (κ1) is 15.1. The van der Waals surface area contributed by atoms with E-state index in [4.69, 9.17) is 4.42 Å². The Labute approximate surface area is 125 Å². The van der Waals surface area contributed by atoms with Crippen molar-refractivity contribution in [2.24, 2.45) is 0 Å². The predicted molar refractivity (Wildman–Crippen MR) is 77.5 cm³/mol. The van der Waals surface area contributed by atoms with Crippen molar-refractivity contribution >= 4 is 19.7 Å². The van der Waals surface area contributed by atoms with Crippen molar-refractivity contribution in [2.75, 3.05) is 24.3 Å². The topological polar surface area (TPSA) is 84.7 Å². The minimum Gasteiger partial charge on any atom is -0.453 e. The summed E-state index contributed by atoms with van der Waals surface area (Å²) < 4.78 is 51.6. The van der Waals surface area contributed by atoms with Gasteiger partial charge >= 0.3 is 0 Å². The molecule has 6 nitrogen and oxygen atoms in total. The second-order valence-corrected chi connectivity index (χ2v) is 10.3. The van der Waals surface area contributed by atoms with Crippen LogP contribution >= 0.6 is 0 Å². The van der Waals surface area contributed by atoms with Crippen molar-refractivity contribution in [3.63, 3.8) is 0 Å². The molecule has 2 saturated heterocycles. The van der Waals surface area contributed by atoms with Gasteiger partial charge in [-0.1, -0.05) is 0 Å². The summed E-state index contributed by atoms with van der Waals surface area (Å²) in [5.74, 6) is 0.472. The number of hydrogen-bond donors (Lipinski definition) is 0. The molecule has 0 aromatic carbocycles. The third-order valence-corrected chi connectivity index (χ3v) is 7.22. The predicted octanol–water partition coefficient (Wildman–Crippen LogP) is 0.836. The van der Waals surface area contributed by atoms with Gasteiger partial charge in [-0.3, -0.25) is 4.90 Å². The van der Waals surface area contributed by atoms with Crippen LogP contribution in [0.4, 0.5) is 0 Å². The molecule has 21 heavy (non-hydrogen) atoms. The molecule has 2 aliphatic heterocycles. The quantitative estimate of drug-likeness (QED) is 0.815. The van der Waals surface area contributed by atoms with Gasteiger partial charge < -0.3 is 4.42 Å². The fourth-order valence-electron chi connectivity index (χ4n) is 3.44. The summed E-state index contributed by atoms with van der Waals surface area (Å²) in [6.45, 7) is 1.38. The molecular weight excluding hydrogens is 314 g/mol. The maximum absolute atomic E-state index is 11.8. The van der Waals surface area contributed by atoms with Gasteiger partial charge in [-0.05, 0) is 25.8 Å². The Morgan fingerprint density at radius 3 is 2.71 bits per heavy atom. The number of rotatable bonds is 3. The van der Waals surface area contributed by atoms with Crippen molar-refractivity contribution in [3.8, 4) is 0 Å². The molecule has 0 bridgehead atoms. The lowest BCUT2D eigenvalue weighted by molar-refractivity contribution is 0.153. The van der Waals surface area contributed by atoms with Gasteiger partial charge in [-0.2, -0.15) is 0 Å². The van der Waals surface area contributed by atoms with Crippen molar-refractivity contribution in [1.29, 1.82) is 0 Å². The van der Waals surface area contributed by atoms with Crippen LogP contribution in [0.3, 0.4) is 0 Å². The molecule has 1 aromatic rings. The van der Waals surface area contributed by atoms with Crippen LogP contribution in [0.1, 0.15) is 24.8 Å². The summed E-state index contributed by atoms with van der Waals surface area (Å²) in [6.07, 6.45) is 5.10. The molecule has 118 valence electrons. The second kappa shape index (κ2) is 4.82. The molecule has 1 spiro atoms. The van der Waals surface area contributed by atoms with Crippen LogP contribution in [0.25, 0.3) is 0 Å². The summed E-state index contributed by atoms with van der Waals surface area (Å²) in [4.78, 5) is 2.18. The molecule has 0 radical (unpaired) electrons. The van der Waals surface area contributed by atoms with Gasteiger partial charge in [0, 0.05) is 30.0 Å². The van der Waals surface area contributed by atoms with E-state index in [1.165, 1.54) is 12.3 Å². The summed E-state index contributed by atoms with van der Waals surface area (Å²) in [5, 5.41) is -0.0372. The molecule has 3 rings (SSSR count). The molecule has 0 N–H and O–H groups in total. The van der Waals surface area contributed by atoms with E-state index in [0.717, 1.165) is 31.2 Å². The smallest absolute Gasteiger partial charge is 0.217 e. The van der Waals surface area contributed by atoms with E-state index in [0.29, 0.717) is 13.0 Å². The number of sulfone groups is 2. The molecule has 1 atom stereocenters. The Kier molecular flexibility index (Phi) is 3.46. The minimum atomic E-state index is -3.34. The van der Waals surface area contributed by atoms with Crippen LogP contribution in [0.2, 0.25) is 0 Å². The number of nitrogens with zero attached hydrogens (tertiary/aromatic N) is 1. The summed E-state index contributed by atoms with van der Waals surface area (Å²) in [7, 11) is -6.29. The van der Waals surface area contributed by atoms with Crippen LogP contribution in [-0.2, 0) is 26.2 Å². The van der Waals surface area contributed by atoms with Crippen LogP contribution in [0.15, 0.2) is 21.8 Å². The van der Waals surface area contributed by atoms with Crippen LogP contribution in [0.5, 0.6) is 0 Å². The van der Waals surface area contributed by atoms with Crippen molar-refractivity contribution in [3.05, 3.63) is 17.9 Å². The Balaban J connectivity index is 1.80. The van der Waals surface area contributed by atoms with Gasteiger partial charge in [0.05, 0.1) is 17.8 Å². The highest BCUT2D eigenvalue weighted by molar-refractivity contribution is 7.91. The highest BCUT2D eigenvalue weighted by Gasteiger charge is 2.48. The van der Waals surface area contributed by atoms with Gasteiger partial charge in [0.25, 0.3) is 0 Å². The Morgan fingerprint density at radius 1 is 1.38 bits per heavy atom. The van der Waals surface area contributed by atoms with Gasteiger partial charge in [-0.25, -0.2) is 16.8 Å². The highest BCUT2D eigenvalue weighted by Crippen LogP contribution is 2.39. The van der Waals surface area contributed by atoms with Gasteiger partial charge in [0.1, 0.15) is 0 Å². The van der Waals surface area contributed by atoms with Crippen LogP contribution < -0.4 is 0 Å². The SMILES string of the molecule is CS(=O)(=O)c1cc(CN2CCCC23CCS(=O)(=O)C3)co1. The number of likely N-dealkylation sites (tertiary alicyclic amines) is 1. The van der Waals surface area contributed by atoms with E-state index in [9.17, 15) is 16.8 Å². The number of furan rings is 1. The molecule has 0 aliphatic carbocycles. The molecule has 0 saturated carbocycles. The zero-order valence-corrected chi connectivity index (χ0v) is 13.5. The molecule has 3 heterocycles. The molecule has 0 amide bonds. The van der Waals surface area contributed by atoms with Crippen molar-refractivity contribution < 1.29 is 21.3 Å². The van der Waals surface area contributed by atoms with E-state index < -0.39 is 19.7 Å². The number of hydrogen-bond acceptors (Lipinski definition) is 6. The minimum absolute atomic E-state index is 0.0372. The average Bonchev–Trinajstić information content (AvgIpc) is 3.01. The van der Waals surface area contributed by atoms with E-state index >= 15 is 0 Å². The maximum atomic E-state index is 11.8. The largest absolute Gasteiger partial charge is 0.453 e. The Hall–Kier alpha value is -0.860. The first-order valence-corrected chi connectivity index (χ1v) is 10.6. The Bertz CT molecular complexity index is 749. The van der Waals surface area contributed by atoms with Crippen molar-refractivity contribution in [2.45, 2.75) is 36.4 Å². The zero-order chi connectivity index (χ0) is 15.3. The van der Waals surface area contributed by atoms with E-state index in [-0.39, 0.29) is 22.1 Å². The fraction of sp³-hybridized carbons (Fsp3) is 0.692. The third-order valence-electron chi connectivity index (χ3n) is 4.48. The summed E-state index contributed by atoms with van der Waals surface area (Å²) in [6, 6.07) is 1.53. The molecule has 2 aliphatic rings. The first-order valence-electron chi connectivity index (χ1n) is 6.93. The Morgan fingerprint density at radius 2 is 2.14 bits per heavy atom. The third kappa shape index (κ3) is 2.89. The summed E-state index contributed by atoms with van der Waals surface area (Å²) in [5.41, 5.74) is 0.516.